The number of alkyl halides is 3. The summed E-state index contributed by atoms with van der Waals surface area (Å²) >= 11 is 0. The average Bonchev–Trinajstić information content (AvgIpc) is 2.79. The van der Waals surface area contributed by atoms with Gasteiger partial charge in [0.15, 0.2) is 11.5 Å². The van der Waals surface area contributed by atoms with Crippen molar-refractivity contribution < 1.29 is 27.4 Å². The highest BCUT2D eigenvalue weighted by Crippen LogP contribution is 2.30. The fourth-order valence-corrected chi connectivity index (χ4v) is 3.83. The van der Waals surface area contributed by atoms with Crippen LogP contribution in [-0.2, 0) is 17.5 Å². The maximum absolute atomic E-state index is 12.9. The molecule has 3 rings (SSSR count). The van der Waals surface area contributed by atoms with Crippen LogP contribution in [0.15, 0.2) is 48.5 Å². The summed E-state index contributed by atoms with van der Waals surface area (Å²) in [6.45, 7) is 4.28. The number of likely N-dealkylation sites (tertiary alicyclic amines) is 1. The van der Waals surface area contributed by atoms with Crippen LogP contribution in [0.25, 0.3) is 6.08 Å². The SMILES string of the molecule is CCOc1cc(/C=C/C(=O)NC2CCN(Cc3cccc(C(F)(F)F)c3)CC2)ccc1OC. The first-order chi connectivity index (χ1) is 15.8. The Balaban J connectivity index is 1.48. The predicted octanol–water partition coefficient (Wildman–Crippen LogP) is 4.91. The summed E-state index contributed by atoms with van der Waals surface area (Å²) in [5.41, 5.74) is 0.839. The second-order valence-electron chi connectivity index (χ2n) is 7.93. The van der Waals surface area contributed by atoms with Crippen molar-refractivity contribution in [2.45, 2.75) is 38.5 Å². The van der Waals surface area contributed by atoms with E-state index in [0.29, 0.717) is 43.3 Å². The first-order valence-corrected chi connectivity index (χ1v) is 11.0. The summed E-state index contributed by atoms with van der Waals surface area (Å²) < 4.78 is 49.5. The Morgan fingerprint density at radius 1 is 1.15 bits per heavy atom. The molecule has 2 aromatic rings. The second-order valence-corrected chi connectivity index (χ2v) is 7.93. The molecule has 1 aliphatic heterocycles. The van der Waals surface area contributed by atoms with E-state index < -0.39 is 11.7 Å². The number of halogens is 3. The second kappa shape index (κ2) is 11.2. The number of methoxy groups -OCH3 is 1. The molecule has 0 bridgehead atoms. The highest BCUT2D eigenvalue weighted by molar-refractivity contribution is 5.92. The fraction of sp³-hybridized carbons (Fsp3) is 0.400. The number of ether oxygens (including phenoxy) is 2. The van der Waals surface area contributed by atoms with Crippen molar-refractivity contribution >= 4 is 12.0 Å². The topological polar surface area (TPSA) is 50.8 Å². The molecule has 5 nitrogen and oxygen atoms in total. The Bertz CT molecular complexity index is 968. The highest BCUT2D eigenvalue weighted by atomic mass is 19.4. The molecule has 0 atom stereocenters. The molecule has 33 heavy (non-hydrogen) atoms. The summed E-state index contributed by atoms with van der Waals surface area (Å²) in [5.74, 6) is 1.08. The molecule has 0 spiro atoms. The molecule has 0 saturated carbocycles. The summed E-state index contributed by atoms with van der Waals surface area (Å²) in [6.07, 6.45) is 0.370. The number of benzene rings is 2. The van der Waals surface area contributed by atoms with Gasteiger partial charge in [-0.05, 0) is 55.2 Å². The predicted molar refractivity (Wildman–Crippen MR) is 121 cm³/mol. The van der Waals surface area contributed by atoms with E-state index in [-0.39, 0.29) is 11.9 Å². The lowest BCUT2D eigenvalue weighted by Crippen LogP contribution is -2.43. The molecule has 1 saturated heterocycles. The van der Waals surface area contributed by atoms with E-state index in [1.165, 1.54) is 18.2 Å². The van der Waals surface area contributed by atoms with Crippen molar-refractivity contribution in [3.05, 3.63) is 65.2 Å². The maximum atomic E-state index is 12.9. The van der Waals surface area contributed by atoms with E-state index in [2.05, 4.69) is 10.2 Å². The van der Waals surface area contributed by atoms with Gasteiger partial charge in [-0.25, -0.2) is 0 Å². The summed E-state index contributed by atoms with van der Waals surface area (Å²) in [5, 5.41) is 3.01. The minimum Gasteiger partial charge on any atom is -0.493 e. The van der Waals surface area contributed by atoms with Crippen LogP contribution in [0, 0.1) is 0 Å². The molecule has 1 amide bonds. The van der Waals surface area contributed by atoms with Crippen molar-refractivity contribution in [1.29, 1.82) is 0 Å². The van der Waals surface area contributed by atoms with Crippen molar-refractivity contribution in [3.63, 3.8) is 0 Å². The van der Waals surface area contributed by atoms with Gasteiger partial charge in [0, 0.05) is 31.8 Å². The molecule has 1 aliphatic rings. The first kappa shape index (κ1) is 24.6. The van der Waals surface area contributed by atoms with E-state index in [4.69, 9.17) is 9.47 Å². The number of hydrogen-bond acceptors (Lipinski definition) is 4. The van der Waals surface area contributed by atoms with E-state index in [1.807, 2.05) is 19.1 Å². The van der Waals surface area contributed by atoms with Crippen LogP contribution >= 0.6 is 0 Å². The number of piperidine rings is 1. The zero-order valence-electron chi connectivity index (χ0n) is 18.8. The Hall–Kier alpha value is -3.00. The van der Waals surface area contributed by atoms with Crippen LogP contribution in [0.3, 0.4) is 0 Å². The fourth-order valence-electron chi connectivity index (χ4n) is 3.83. The number of rotatable bonds is 8. The summed E-state index contributed by atoms with van der Waals surface area (Å²) in [4.78, 5) is 14.5. The van der Waals surface area contributed by atoms with Crippen LogP contribution in [0.2, 0.25) is 0 Å². The van der Waals surface area contributed by atoms with Gasteiger partial charge < -0.3 is 14.8 Å². The van der Waals surface area contributed by atoms with Gasteiger partial charge in [0.1, 0.15) is 0 Å². The van der Waals surface area contributed by atoms with Gasteiger partial charge >= 0.3 is 6.18 Å². The van der Waals surface area contributed by atoms with Crippen LogP contribution in [0.4, 0.5) is 13.2 Å². The third kappa shape index (κ3) is 7.25. The molecule has 1 heterocycles. The van der Waals surface area contributed by atoms with Gasteiger partial charge in [0.05, 0.1) is 19.3 Å². The number of carbonyl (C=O) groups is 1. The Kier molecular flexibility index (Phi) is 8.38. The number of hydrogen-bond donors (Lipinski definition) is 1. The van der Waals surface area contributed by atoms with Gasteiger partial charge in [-0.2, -0.15) is 13.2 Å². The number of nitrogens with one attached hydrogen (secondary N) is 1. The van der Waals surface area contributed by atoms with Crippen LogP contribution < -0.4 is 14.8 Å². The van der Waals surface area contributed by atoms with E-state index in [0.717, 1.165) is 24.5 Å². The molecule has 1 fully saturated rings. The normalized spacial score (nSPS) is 15.5. The summed E-state index contributed by atoms with van der Waals surface area (Å²) in [6, 6.07) is 10.9. The van der Waals surface area contributed by atoms with Crippen molar-refractivity contribution in [2.75, 3.05) is 26.8 Å². The summed E-state index contributed by atoms with van der Waals surface area (Å²) in [7, 11) is 1.58. The largest absolute Gasteiger partial charge is 0.493 e. The quantitative estimate of drug-likeness (QED) is 0.567. The lowest BCUT2D eigenvalue weighted by atomic mass is 10.0. The number of carbonyl (C=O) groups excluding carboxylic acids is 1. The third-order valence-corrected chi connectivity index (χ3v) is 5.51. The highest BCUT2D eigenvalue weighted by Gasteiger charge is 2.30. The van der Waals surface area contributed by atoms with Crippen molar-refractivity contribution in [3.8, 4) is 11.5 Å². The number of nitrogens with zero attached hydrogens (tertiary/aromatic N) is 1. The van der Waals surface area contributed by atoms with Gasteiger partial charge in [-0.1, -0.05) is 24.3 Å². The maximum Gasteiger partial charge on any atom is 0.416 e. The van der Waals surface area contributed by atoms with Crippen molar-refractivity contribution in [1.82, 2.24) is 10.2 Å². The Morgan fingerprint density at radius 3 is 2.58 bits per heavy atom. The van der Waals surface area contributed by atoms with E-state index >= 15 is 0 Å². The smallest absolute Gasteiger partial charge is 0.416 e. The molecule has 0 radical (unpaired) electrons. The number of amides is 1. The van der Waals surface area contributed by atoms with Crippen LogP contribution in [0.5, 0.6) is 11.5 Å². The van der Waals surface area contributed by atoms with Gasteiger partial charge in [0.25, 0.3) is 0 Å². The standard InChI is InChI=1S/C25H29F3N2O3/c1-3-33-23-16-18(7-9-22(23)32-2)8-10-24(31)29-21-11-13-30(14-12-21)17-19-5-4-6-20(15-19)25(26,27)28/h4-10,15-16,21H,3,11-14,17H2,1-2H3,(H,29,31)/b10-8+. The van der Waals surface area contributed by atoms with E-state index in [9.17, 15) is 18.0 Å². The van der Waals surface area contributed by atoms with Gasteiger partial charge in [-0.15, -0.1) is 0 Å². The molecule has 2 aromatic carbocycles. The Morgan fingerprint density at radius 2 is 1.91 bits per heavy atom. The monoisotopic (exact) mass is 462 g/mol. The molecule has 178 valence electrons. The molecular formula is C25H29F3N2O3. The van der Waals surface area contributed by atoms with Gasteiger partial charge in [-0.3, -0.25) is 9.69 Å². The molecule has 1 N–H and O–H groups in total. The molecule has 0 aromatic heterocycles. The molecular weight excluding hydrogens is 433 g/mol. The third-order valence-electron chi connectivity index (χ3n) is 5.51. The van der Waals surface area contributed by atoms with Crippen molar-refractivity contribution in [2.24, 2.45) is 0 Å². The molecule has 0 aliphatic carbocycles. The van der Waals surface area contributed by atoms with E-state index in [1.54, 1.807) is 25.3 Å². The lowest BCUT2D eigenvalue weighted by Gasteiger charge is -2.32. The lowest BCUT2D eigenvalue weighted by molar-refractivity contribution is -0.137. The van der Waals surface area contributed by atoms with Crippen LogP contribution in [-0.4, -0.2) is 43.7 Å². The molecule has 8 heteroatoms. The molecule has 0 unspecified atom stereocenters. The minimum atomic E-state index is -4.34. The minimum absolute atomic E-state index is 0.0368. The first-order valence-electron chi connectivity index (χ1n) is 11.0. The average molecular weight is 463 g/mol. The van der Waals surface area contributed by atoms with Crippen LogP contribution in [0.1, 0.15) is 36.5 Å². The Labute approximate surface area is 192 Å². The zero-order valence-corrected chi connectivity index (χ0v) is 18.8. The van der Waals surface area contributed by atoms with Gasteiger partial charge in [0.2, 0.25) is 5.91 Å². The zero-order chi connectivity index (χ0) is 23.8.